The maximum Gasteiger partial charge on any atom is 0.285 e. The lowest BCUT2D eigenvalue weighted by Crippen LogP contribution is -2.11. The largest absolute Gasteiger partial charge is 0.494 e. The molecule has 0 aliphatic carbocycles. The van der Waals surface area contributed by atoms with Crippen molar-refractivity contribution in [2.45, 2.75) is 20.8 Å². The molecule has 0 bridgehead atoms. The van der Waals surface area contributed by atoms with Gasteiger partial charge in [-0.2, -0.15) is 8.42 Å². The van der Waals surface area contributed by atoms with Crippen molar-refractivity contribution >= 4 is 26.5 Å². The van der Waals surface area contributed by atoms with Crippen molar-refractivity contribution < 1.29 is 13.2 Å². The first-order valence-corrected chi connectivity index (χ1v) is 9.48. The fourth-order valence-electron chi connectivity index (χ4n) is 2.66. The average Bonchev–Trinajstić information content (AvgIpc) is 2.79. The third kappa shape index (κ3) is 3.58. The van der Waals surface area contributed by atoms with Crippen molar-refractivity contribution in [2.24, 2.45) is 4.40 Å². The molecule has 0 fully saturated rings. The van der Waals surface area contributed by atoms with Gasteiger partial charge in [-0.1, -0.05) is 29.8 Å². The predicted molar refractivity (Wildman–Crippen MR) is 101 cm³/mol. The van der Waals surface area contributed by atoms with E-state index in [1.54, 1.807) is 19.1 Å². The lowest BCUT2D eigenvalue weighted by molar-refractivity contribution is 0.340. The Kier molecular flexibility index (Phi) is 4.63. The molecule has 130 valence electrons. The molecular formula is C19H20N2O3S. The number of benzene rings is 2. The fraction of sp³-hybridized carbons (Fsp3) is 0.211. The van der Waals surface area contributed by atoms with Gasteiger partial charge in [-0.15, -0.1) is 4.40 Å². The topological polar surface area (TPSA) is 67.8 Å². The van der Waals surface area contributed by atoms with Crippen molar-refractivity contribution in [3.05, 3.63) is 65.2 Å². The summed E-state index contributed by atoms with van der Waals surface area (Å²) in [4.78, 5) is 0.251. The number of hydrogen-bond donors (Lipinski definition) is 1. The summed E-state index contributed by atoms with van der Waals surface area (Å²) in [6, 6.07) is 14.7. The molecule has 0 spiro atoms. The summed E-state index contributed by atoms with van der Waals surface area (Å²) in [5.74, 6) is 1.11. The third-order valence-corrected chi connectivity index (χ3v) is 5.39. The molecule has 3 rings (SSSR count). The van der Waals surface area contributed by atoms with E-state index < -0.39 is 10.0 Å². The molecule has 1 heterocycles. The molecule has 0 saturated heterocycles. The van der Waals surface area contributed by atoms with Gasteiger partial charge in [-0.3, -0.25) is 0 Å². The molecular weight excluding hydrogens is 336 g/mol. The summed E-state index contributed by atoms with van der Waals surface area (Å²) in [6.07, 6.45) is 0. The normalized spacial score (nSPS) is 15.9. The molecule has 0 aromatic heterocycles. The van der Waals surface area contributed by atoms with Crippen LogP contribution in [0.2, 0.25) is 0 Å². The monoisotopic (exact) mass is 356 g/mol. The molecule has 0 unspecified atom stereocenters. The second-order valence-electron chi connectivity index (χ2n) is 5.82. The quantitative estimate of drug-likeness (QED) is 0.900. The number of rotatable bonds is 4. The zero-order chi connectivity index (χ0) is 18.0. The Labute approximate surface area is 148 Å². The Morgan fingerprint density at radius 1 is 1.00 bits per heavy atom. The van der Waals surface area contributed by atoms with Gasteiger partial charge in [-0.25, -0.2) is 0 Å². The van der Waals surface area contributed by atoms with Crippen LogP contribution in [-0.4, -0.2) is 20.9 Å². The highest BCUT2D eigenvalue weighted by atomic mass is 32.2. The van der Waals surface area contributed by atoms with Crippen molar-refractivity contribution in [3.63, 3.8) is 0 Å². The number of hydrogen-bond acceptors (Lipinski definition) is 4. The Balaban J connectivity index is 1.91. The highest BCUT2D eigenvalue weighted by molar-refractivity contribution is 8.00. The van der Waals surface area contributed by atoms with Gasteiger partial charge in [0, 0.05) is 11.3 Å². The summed E-state index contributed by atoms with van der Waals surface area (Å²) in [5.41, 5.74) is 3.08. The molecule has 1 aliphatic heterocycles. The van der Waals surface area contributed by atoms with Gasteiger partial charge in [0.2, 0.25) is 0 Å². The number of ether oxygens (including phenoxy) is 1. The SMILES string of the molecule is CCOc1ccc(NC2=NS(=O)(=O)C(c3ccc(C)cc3)=C2C)cc1. The molecule has 5 nitrogen and oxygen atoms in total. The molecule has 0 atom stereocenters. The van der Waals surface area contributed by atoms with E-state index in [9.17, 15) is 8.42 Å². The van der Waals surface area contributed by atoms with Gasteiger partial charge >= 0.3 is 0 Å². The van der Waals surface area contributed by atoms with Gasteiger partial charge in [0.15, 0.2) is 0 Å². The average molecular weight is 356 g/mol. The molecule has 0 saturated carbocycles. The standard InChI is InChI=1S/C19H20N2O3S/c1-4-24-17-11-9-16(10-12-17)20-19-14(3)18(25(22,23)21-19)15-7-5-13(2)6-8-15/h5-12H,4H2,1-3H3,(H,20,21). The Morgan fingerprint density at radius 2 is 1.64 bits per heavy atom. The smallest absolute Gasteiger partial charge is 0.285 e. The Hall–Kier alpha value is -2.60. The molecule has 1 N–H and O–H groups in total. The maximum atomic E-state index is 12.5. The van der Waals surface area contributed by atoms with Crippen LogP contribution >= 0.6 is 0 Å². The lowest BCUT2D eigenvalue weighted by Gasteiger charge is -2.08. The van der Waals surface area contributed by atoms with Crippen molar-refractivity contribution in [1.82, 2.24) is 0 Å². The molecule has 6 heteroatoms. The summed E-state index contributed by atoms with van der Waals surface area (Å²) in [7, 11) is -3.71. The summed E-state index contributed by atoms with van der Waals surface area (Å²) >= 11 is 0. The van der Waals surface area contributed by atoms with Crippen LogP contribution in [0.15, 0.2) is 58.5 Å². The Morgan fingerprint density at radius 3 is 2.24 bits per heavy atom. The molecule has 0 amide bonds. The number of aryl methyl sites for hydroxylation is 1. The number of amidine groups is 1. The minimum absolute atomic E-state index is 0.251. The van der Waals surface area contributed by atoms with E-state index in [-0.39, 0.29) is 4.91 Å². The van der Waals surface area contributed by atoms with Crippen LogP contribution in [0.25, 0.3) is 4.91 Å². The fourth-order valence-corrected chi connectivity index (χ4v) is 4.09. The summed E-state index contributed by atoms with van der Waals surface area (Å²) < 4.78 is 34.3. The van der Waals surface area contributed by atoms with Crippen LogP contribution in [0.1, 0.15) is 25.0 Å². The minimum Gasteiger partial charge on any atom is -0.494 e. The first-order chi connectivity index (χ1) is 11.9. The van der Waals surface area contributed by atoms with E-state index in [4.69, 9.17) is 4.74 Å². The first kappa shape index (κ1) is 17.2. The van der Waals surface area contributed by atoms with Crippen LogP contribution in [0.5, 0.6) is 5.75 Å². The lowest BCUT2D eigenvalue weighted by atomic mass is 10.1. The van der Waals surface area contributed by atoms with E-state index in [0.717, 1.165) is 17.0 Å². The van der Waals surface area contributed by atoms with Crippen LogP contribution < -0.4 is 10.1 Å². The highest BCUT2D eigenvalue weighted by Crippen LogP contribution is 2.33. The summed E-state index contributed by atoms with van der Waals surface area (Å²) in [6.45, 7) is 6.24. The number of anilines is 1. The summed E-state index contributed by atoms with van der Waals surface area (Å²) in [5, 5.41) is 3.08. The van der Waals surface area contributed by atoms with E-state index in [1.165, 1.54) is 0 Å². The molecule has 0 radical (unpaired) electrons. The molecule has 1 aliphatic rings. The maximum absolute atomic E-state index is 12.5. The number of nitrogens with one attached hydrogen (secondary N) is 1. The van der Waals surface area contributed by atoms with Crippen LogP contribution in [0.4, 0.5) is 5.69 Å². The van der Waals surface area contributed by atoms with Gasteiger partial charge in [0.05, 0.1) is 6.61 Å². The number of sulfonamides is 1. The zero-order valence-electron chi connectivity index (χ0n) is 14.4. The van der Waals surface area contributed by atoms with Gasteiger partial charge in [0.1, 0.15) is 16.5 Å². The van der Waals surface area contributed by atoms with Crippen molar-refractivity contribution in [2.75, 3.05) is 11.9 Å². The van der Waals surface area contributed by atoms with E-state index in [0.29, 0.717) is 23.6 Å². The number of nitrogens with zero attached hydrogens (tertiary/aromatic N) is 1. The van der Waals surface area contributed by atoms with Gasteiger partial charge < -0.3 is 10.1 Å². The Bertz CT molecular complexity index is 941. The van der Waals surface area contributed by atoms with Crippen LogP contribution in [-0.2, 0) is 10.0 Å². The first-order valence-electron chi connectivity index (χ1n) is 8.04. The third-order valence-electron chi connectivity index (χ3n) is 3.91. The zero-order valence-corrected chi connectivity index (χ0v) is 15.2. The van der Waals surface area contributed by atoms with Crippen LogP contribution in [0.3, 0.4) is 0 Å². The van der Waals surface area contributed by atoms with E-state index in [1.807, 2.05) is 50.2 Å². The molecule has 25 heavy (non-hydrogen) atoms. The predicted octanol–water partition coefficient (Wildman–Crippen LogP) is 3.98. The second kappa shape index (κ2) is 6.72. The minimum atomic E-state index is -3.71. The van der Waals surface area contributed by atoms with Crippen molar-refractivity contribution in [3.8, 4) is 5.75 Å². The van der Waals surface area contributed by atoms with Gasteiger partial charge in [0.25, 0.3) is 10.0 Å². The van der Waals surface area contributed by atoms with Crippen LogP contribution in [0, 0.1) is 6.92 Å². The van der Waals surface area contributed by atoms with E-state index in [2.05, 4.69) is 9.71 Å². The van der Waals surface area contributed by atoms with E-state index >= 15 is 0 Å². The second-order valence-corrected chi connectivity index (χ2v) is 7.36. The van der Waals surface area contributed by atoms with Crippen molar-refractivity contribution in [1.29, 1.82) is 0 Å². The molecule has 2 aromatic carbocycles. The molecule has 2 aromatic rings. The highest BCUT2D eigenvalue weighted by Gasteiger charge is 2.30. The van der Waals surface area contributed by atoms with Gasteiger partial charge in [-0.05, 0) is 50.6 Å².